The molecule has 150 valence electrons. The van der Waals surface area contributed by atoms with Gasteiger partial charge in [-0.25, -0.2) is 17.7 Å². The maximum Gasteiger partial charge on any atom is 0.265 e. The van der Waals surface area contributed by atoms with Gasteiger partial charge in [0.15, 0.2) is 5.82 Å². The number of aromatic nitrogens is 4. The third-order valence-electron chi connectivity index (χ3n) is 5.03. The second-order valence-corrected chi connectivity index (χ2v) is 9.48. The first-order chi connectivity index (χ1) is 13.7. The second kappa shape index (κ2) is 6.81. The Labute approximate surface area is 170 Å². The van der Waals surface area contributed by atoms with E-state index in [-0.39, 0.29) is 16.6 Å². The van der Waals surface area contributed by atoms with Crippen molar-refractivity contribution in [2.75, 3.05) is 11.4 Å². The number of hydrogen-bond acceptors (Lipinski definition) is 5. The Morgan fingerprint density at radius 1 is 1.03 bits per heavy atom. The number of nitrogens with zero attached hydrogens (tertiary/aromatic N) is 5. The van der Waals surface area contributed by atoms with Crippen LogP contribution in [0.3, 0.4) is 0 Å². The van der Waals surface area contributed by atoms with Crippen molar-refractivity contribution in [1.29, 1.82) is 0 Å². The first-order valence-corrected chi connectivity index (χ1v) is 10.9. The molecule has 0 amide bonds. The Bertz CT molecular complexity index is 1340. The molecule has 2 aromatic heterocycles. The molecule has 2 heterocycles. The van der Waals surface area contributed by atoms with Crippen molar-refractivity contribution in [3.8, 4) is 0 Å². The molecular formula is C21H23N5O2S. The first kappa shape index (κ1) is 19.3. The Morgan fingerprint density at radius 2 is 1.76 bits per heavy atom. The van der Waals surface area contributed by atoms with Gasteiger partial charge in [0.2, 0.25) is 5.65 Å². The van der Waals surface area contributed by atoms with Gasteiger partial charge >= 0.3 is 0 Å². The minimum absolute atomic E-state index is 0.115. The van der Waals surface area contributed by atoms with Crippen LogP contribution in [0.5, 0.6) is 0 Å². The molecule has 0 aliphatic carbocycles. The van der Waals surface area contributed by atoms with E-state index in [0.29, 0.717) is 16.7 Å². The lowest BCUT2D eigenvalue weighted by molar-refractivity contribution is 0.593. The second-order valence-electron chi connectivity index (χ2n) is 7.54. The summed E-state index contributed by atoms with van der Waals surface area (Å²) in [5.74, 6) is 1.13. The summed E-state index contributed by atoms with van der Waals surface area (Å²) in [6.07, 6.45) is 0. The maximum absolute atomic E-state index is 13.5. The number of fused-ring (bicyclic) bond motifs is 3. The molecule has 0 unspecified atom stereocenters. The van der Waals surface area contributed by atoms with Crippen molar-refractivity contribution < 1.29 is 8.42 Å². The SMILES string of the molecule is Cc1ccc(C)c(S(=O)(=O)N(C)c2nc3ccccc3n3c(C(C)C)nnc23)c1. The molecule has 0 aliphatic heterocycles. The number of para-hydroxylation sites is 2. The molecular weight excluding hydrogens is 386 g/mol. The fourth-order valence-corrected chi connectivity index (χ4v) is 4.88. The van der Waals surface area contributed by atoms with Gasteiger partial charge in [-0.15, -0.1) is 10.2 Å². The van der Waals surface area contributed by atoms with Crippen LogP contribution in [0.1, 0.15) is 36.7 Å². The van der Waals surface area contributed by atoms with E-state index in [9.17, 15) is 8.42 Å². The van der Waals surface area contributed by atoms with Gasteiger partial charge in [0, 0.05) is 13.0 Å². The monoisotopic (exact) mass is 409 g/mol. The van der Waals surface area contributed by atoms with Gasteiger partial charge in [-0.05, 0) is 43.2 Å². The fourth-order valence-electron chi connectivity index (χ4n) is 3.42. The largest absolute Gasteiger partial charge is 0.274 e. The molecule has 2 aromatic carbocycles. The molecule has 29 heavy (non-hydrogen) atoms. The number of benzene rings is 2. The Kier molecular flexibility index (Phi) is 4.53. The lowest BCUT2D eigenvalue weighted by Crippen LogP contribution is -2.29. The standard InChI is InChI=1S/C21H23N5O2S/c1-13(2)19-23-24-21-20(22-16-8-6-7-9-17(16)26(19)21)25(5)29(27,28)18-12-14(3)10-11-15(18)4/h6-13H,1-5H3. The van der Waals surface area contributed by atoms with E-state index in [2.05, 4.69) is 15.2 Å². The summed E-state index contributed by atoms with van der Waals surface area (Å²) in [5, 5.41) is 8.63. The van der Waals surface area contributed by atoms with Gasteiger partial charge in [0.25, 0.3) is 10.0 Å². The molecule has 7 nitrogen and oxygen atoms in total. The highest BCUT2D eigenvalue weighted by molar-refractivity contribution is 7.92. The normalized spacial score (nSPS) is 12.2. The highest BCUT2D eigenvalue weighted by Crippen LogP contribution is 2.30. The molecule has 0 atom stereocenters. The van der Waals surface area contributed by atoms with Crippen molar-refractivity contribution in [1.82, 2.24) is 19.6 Å². The van der Waals surface area contributed by atoms with Crippen LogP contribution in [0.2, 0.25) is 0 Å². The topological polar surface area (TPSA) is 80.5 Å². The van der Waals surface area contributed by atoms with Crippen molar-refractivity contribution >= 4 is 32.5 Å². The third-order valence-corrected chi connectivity index (χ3v) is 6.92. The summed E-state index contributed by atoms with van der Waals surface area (Å²) in [6, 6.07) is 13.0. The van der Waals surface area contributed by atoms with Gasteiger partial charge in [0.05, 0.1) is 15.9 Å². The van der Waals surface area contributed by atoms with Crippen LogP contribution in [-0.2, 0) is 10.0 Å². The molecule has 0 saturated heterocycles. The van der Waals surface area contributed by atoms with Crippen molar-refractivity contribution in [2.45, 2.75) is 38.5 Å². The van der Waals surface area contributed by atoms with Crippen LogP contribution in [-0.4, -0.2) is 35.0 Å². The highest BCUT2D eigenvalue weighted by Gasteiger charge is 2.28. The summed E-state index contributed by atoms with van der Waals surface area (Å²) >= 11 is 0. The average Bonchev–Trinajstić information content (AvgIpc) is 3.14. The Hall–Kier alpha value is -3.00. The van der Waals surface area contributed by atoms with Gasteiger partial charge in [0.1, 0.15) is 5.82 Å². The summed E-state index contributed by atoms with van der Waals surface area (Å²) in [7, 11) is -2.31. The van der Waals surface area contributed by atoms with E-state index in [1.807, 2.05) is 61.6 Å². The van der Waals surface area contributed by atoms with Crippen LogP contribution < -0.4 is 4.31 Å². The summed E-state index contributed by atoms with van der Waals surface area (Å²) in [5.41, 5.74) is 3.51. The minimum Gasteiger partial charge on any atom is -0.274 e. The molecule has 0 fully saturated rings. The maximum atomic E-state index is 13.5. The number of hydrogen-bond donors (Lipinski definition) is 0. The van der Waals surface area contributed by atoms with Crippen LogP contribution in [0, 0.1) is 13.8 Å². The van der Waals surface area contributed by atoms with Crippen LogP contribution in [0.25, 0.3) is 16.7 Å². The van der Waals surface area contributed by atoms with E-state index in [1.54, 1.807) is 13.0 Å². The number of aryl methyl sites for hydroxylation is 2. The van der Waals surface area contributed by atoms with Crippen molar-refractivity contribution in [2.24, 2.45) is 0 Å². The number of sulfonamides is 1. The first-order valence-electron chi connectivity index (χ1n) is 9.41. The molecule has 0 aliphatic rings. The van der Waals surface area contributed by atoms with E-state index >= 15 is 0 Å². The molecule has 0 spiro atoms. The van der Waals surface area contributed by atoms with Gasteiger partial charge in [-0.2, -0.15) is 0 Å². The zero-order valence-corrected chi connectivity index (χ0v) is 17.9. The summed E-state index contributed by atoms with van der Waals surface area (Å²) in [6.45, 7) is 7.72. The third kappa shape index (κ3) is 3.04. The van der Waals surface area contributed by atoms with Crippen molar-refractivity contribution in [3.63, 3.8) is 0 Å². The predicted molar refractivity (Wildman–Crippen MR) is 114 cm³/mol. The average molecular weight is 410 g/mol. The van der Waals surface area contributed by atoms with Gasteiger partial charge in [-0.1, -0.05) is 38.1 Å². The summed E-state index contributed by atoms with van der Waals surface area (Å²) < 4.78 is 30.0. The molecule has 0 saturated carbocycles. The number of rotatable bonds is 4. The molecule has 4 aromatic rings. The van der Waals surface area contributed by atoms with Gasteiger partial charge < -0.3 is 0 Å². The van der Waals surface area contributed by atoms with E-state index in [0.717, 1.165) is 16.9 Å². The van der Waals surface area contributed by atoms with Crippen LogP contribution >= 0.6 is 0 Å². The van der Waals surface area contributed by atoms with Gasteiger partial charge in [-0.3, -0.25) is 4.40 Å². The smallest absolute Gasteiger partial charge is 0.265 e. The fraction of sp³-hybridized carbons (Fsp3) is 0.286. The minimum atomic E-state index is -3.83. The molecule has 4 rings (SSSR count). The zero-order chi connectivity index (χ0) is 20.9. The lowest BCUT2D eigenvalue weighted by Gasteiger charge is -2.21. The van der Waals surface area contributed by atoms with Crippen LogP contribution in [0.4, 0.5) is 5.82 Å². The summed E-state index contributed by atoms with van der Waals surface area (Å²) in [4.78, 5) is 4.90. The predicted octanol–water partition coefficient (Wildman–Crippen LogP) is 3.84. The Morgan fingerprint density at radius 3 is 2.48 bits per heavy atom. The van der Waals surface area contributed by atoms with Crippen LogP contribution in [0.15, 0.2) is 47.4 Å². The lowest BCUT2D eigenvalue weighted by atomic mass is 10.2. The quantitative estimate of drug-likeness (QED) is 0.511. The van der Waals surface area contributed by atoms with E-state index in [4.69, 9.17) is 0 Å². The number of anilines is 1. The highest BCUT2D eigenvalue weighted by atomic mass is 32.2. The van der Waals surface area contributed by atoms with Crippen molar-refractivity contribution in [3.05, 3.63) is 59.4 Å². The molecule has 0 N–H and O–H groups in total. The Balaban J connectivity index is 2.01. The van der Waals surface area contributed by atoms with E-state index < -0.39 is 10.0 Å². The molecule has 0 bridgehead atoms. The molecule has 0 radical (unpaired) electrons. The molecule has 8 heteroatoms. The zero-order valence-electron chi connectivity index (χ0n) is 17.1. The van der Waals surface area contributed by atoms with E-state index in [1.165, 1.54) is 11.4 Å².